The van der Waals surface area contributed by atoms with Gasteiger partial charge in [-0.15, -0.1) is 5.10 Å². The number of carbonyl (C=O) groups excluding carboxylic acids is 2. The smallest absolute Gasteiger partial charge is 0.247 e. The molecular weight excluding hydrogens is 430 g/mol. The Labute approximate surface area is 198 Å². The van der Waals surface area contributed by atoms with E-state index in [1.165, 1.54) is 0 Å². The first-order chi connectivity index (χ1) is 16.5. The highest BCUT2D eigenvalue weighted by atomic mass is 16.3. The predicted octanol–water partition coefficient (Wildman–Crippen LogP) is 3.88. The Morgan fingerprint density at radius 1 is 1.06 bits per heavy atom. The molecule has 2 heterocycles. The molecule has 2 amide bonds. The van der Waals surface area contributed by atoms with Crippen molar-refractivity contribution in [1.82, 2.24) is 25.2 Å². The molecule has 2 aromatic carbocycles. The van der Waals surface area contributed by atoms with E-state index in [2.05, 4.69) is 22.6 Å². The number of hydrogen-bond acceptors (Lipinski definition) is 5. The van der Waals surface area contributed by atoms with Crippen LogP contribution in [0.5, 0.6) is 0 Å². The number of fused-ring (bicyclic) bond motifs is 1. The van der Waals surface area contributed by atoms with Crippen LogP contribution in [0.4, 0.5) is 0 Å². The average Bonchev–Trinajstić information content (AvgIpc) is 3.51. The second kappa shape index (κ2) is 10.3. The minimum absolute atomic E-state index is 0.0201. The number of nitrogens with zero attached hydrogens (tertiary/aromatic N) is 4. The minimum Gasteiger partial charge on any atom is -0.467 e. The highest BCUT2D eigenvalue weighted by Gasteiger charge is 2.33. The summed E-state index contributed by atoms with van der Waals surface area (Å²) in [4.78, 5) is 28.7. The highest BCUT2D eigenvalue weighted by molar-refractivity contribution is 5.89. The number of rotatable bonds is 9. The maximum Gasteiger partial charge on any atom is 0.247 e. The zero-order valence-corrected chi connectivity index (χ0v) is 19.6. The van der Waals surface area contributed by atoms with E-state index in [-0.39, 0.29) is 30.9 Å². The van der Waals surface area contributed by atoms with Gasteiger partial charge < -0.3 is 14.6 Å². The Morgan fingerprint density at radius 3 is 2.50 bits per heavy atom. The standard InChI is InChI=1S/C26H29N5O3/c1-4-19-11-13-20(14-12-19)25(26(33)27-16-21-8-7-15-34-21)31(18(2)3)24(32)17-30-23-10-6-5-9-22(23)28-29-30/h5-15,18,25H,4,16-17H2,1-3H3,(H,27,33)/t25-/m0/s1. The summed E-state index contributed by atoms with van der Waals surface area (Å²) in [5, 5.41) is 11.2. The Hall–Kier alpha value is -3.94. The van der Waals surface area contributed by atoms with Crippen molar-refractivity contribution in [3.05, 3.63) is 83.8 Å². The summed E-state index contributed by atoms with van der Waals surface area (Å²) in [6.45, 7) is 6.11. The van der Waals surface area contributed by atoms with E-state index in [1.54, 1.807) is 28.0 Å². The summed E-state index contributed by atoms with van der Waals surface area (Å²) in [6, 6.07) is 17.9. The third kappa shape index (κ3) is 5.01. The fourth-order valence-corrected chi connectivity index (χ4v) is 4.03. The van der Waals surface area contributed by atoms with Gasteiger partial charge in [-0.1, -0.05) is 48.5 Å². The molecule has 0 aliphatic rings. The van der Waals surface area contributed by atoms with Crippen molar-refractivity contribution >= 4 is 22.8 Å². The van der Waals surface area contributed by atoms with Crippen LogP contribution in [0, 0.1) is 0 Å². The van der Waals surface area contributed by atoms with Gasteiger partial charge in [0.05, 0.1) is 18.3 Å². The molecule has 4 rings (SSSR count). The summed E-state index contributed by atoms with van der Waals surface area (Å²) in [5.74, 6) is 0.152. The molecule has 1 N–H and O–H groups in total. The molecule has 8 nitrogen and oxygen atoms in total. The van der Waals surface area contributed by atoms with Crippen LogP contribution < -0.4 is 5.32 Å². The molecule has 0 spiro atoms. The molecule has 0 saturated heterocycles. The van der Waals surface area contributed by atoms with Gasteiger partial charge in [-0.3, -0.25) is 9.59 Å². The lowest BCUT2D eigenvalue weighted by Gasteiger charge is -2.34. The molecule has 8 heteroatoms. The number of nitrogens with one attached hydrogen (secondary N) is 1. The van der Waals surface area contributed by atoms with E-state index in [1.807, 2.05) is 62.4 Å². The lowest BCUT2D eigenvalue weighted by atomic mass is 10.00. The Balaban J connectivity index is 1.64. The molecule has 0 saturated carbocycles. The molecule has 0 aliphatic carbocycles. The average molecular weight is 460 g/mol. The van der Waals surface area contributed by atoms with Gasteiger partial charge in [-0.05, 0) is 55.7 Å². The van der Waals surface area contributed by atoms with Crippen LogP contribution in [0.2, 0.25) is 0 Å². The Bertz CT molecular complexity index is 1250. The maximum absolute atomic E-state index is 13.6. The van der Waals surface area contributed by atoms with E-state index < -0.39 is 6.04 Å². The summed E-state index contributed by atoms with van der Waals surface area (Å²) < 4.78 is 6.93. The van der Waals surface area contributed by atoms with Crippen molar-refractivity contribution in [1.29, 1.82) is 0 Å². The van der Waals surface area contributed by atoms with E-state index >= 15 is 0 Å². The monoisotopic (exact) mass is 459 g/mol. The van der Waals surface area contributed by atoms with Crippen LogP contribution in [0.3, 0.4) is 0 Å². The second-order valence-electron chi connectivity index (χ2n) is 8.43. The van der Waals surface area contributed by atoms with Crippen LogP contribution in [-0.2, 0) is 29.1 Å². The number of hydrogen-bond donors (Lipinski definition) is 1. The van der Waals surface area contributed by atoms with E-state index in [0.29, 0.717) is 11.3 Å². The van der Waals surface area contributed by atoms with Crippen molar-refractivity contribution in [2.45, 2.75) is 52.4 Å². The molecule has 0 fully saturated rings. The molecular formula is C26H29N5O3. The first-order valence-electron chi connectivity index (χ1n) is 11.5. The number of para-hydroxylation sites is 1. The lowest BCUT2D eigenvalue weighted by molar-refractivity contribution is -0.143. The Morgan fingerprint density at radius 2 is 1.82 bits per heavy atom. The number of aryl methyl sites for hydroxylation is 1. The van der Waals surface area contributed by atoms with Crippen LogP contribution >= 0.6 is 0 Å². The summed E-state index contributed by atoms with van der Waals surface area (Å²) >= 11 is 0. The molecule has 0 unspecified atom stereocenters. The maximum atomic E-state index is 13.6. The van der Waals surface area contributed by atoms with E-state index in [9.17, 15) is 9.59 Å². The van der Waals surface area contributed by atoms with Gasteiger partial charge in [-0.2, -0.15) is 0 Å². The van der Waals surface area contributed by atoms with Crippen molar-refractivity contribution in [2.75, 3.05) is 0 Å². The third-order valence-electron chi connectivity index (χ3n) is 5.80. The first-order valence-corrected chi connectivity index (χ1v) is 11.5. The number of carbonyl (C=O) groups is 2. The van der Waals surface area contributed by atoms with Crippen molar-refractivity contribution in [3.63, 3.8) is 0 Å². The largest absolute Gasteiger partial charge is 0.467 e. The molecule has 0 aliphatic heterocycles. The van der Waals surface area contributed by atoms with E-state index in [4.69, 9.17) is 4.42 Å². The van der Waals surface area contributed by atoms with Gasteiger partial charge in [0, 0.05) is 6.04 Å². The fraction of sp³-hybridized carbons (Fsp3) is 0.308. The zero-order valence-electron chi connectivity index (χ0n) is 19.6. The normalized spacial score (nSPS) is 12.1. The number of amides is 2. The van der Waals surface area contributed by atoms with Crippen LogP contribution in [-0.4, -0.2) is 37.7 Å². The highest BCUT2D eigenvalue weighted by Crippen LogP contribution is 2.25. The summed E-state index contributed by atoms with van der Waals surface area (Å²) in [7, 11) is 0. The third-order valence-corrected chi connectivity index (χ3v) is 5.80. The van der Waals surface area contributed by atoms with E-state index in [0.717, 1.165) is 23.1 Å². The van der Waals surface area contributed by atoms with Crippen LogP contribution in [0.15, 0.2) is 71.3 Å². The van der Waals surface area contributed by atoms with Gasteiger partial charge in [0.25, 0.3) is 0 Å². The molecule has 34 heavy (non-hydrogen) atoms. The van der Waals surface area contributed by atoms with Gasteiger partial charge in [0.15, 0.2) is 0 Å². The molecule has 176 valence electrons. The van der Waals surface area contributed by atoms with Gasteiger partial charge >= 0.3 is 0 Å². The van der Waals surface area contributed by atoms with Gasteiger partial charge in [0.2, 0.25) is 11.8 Å². The molecule has 1 atom stereocenters. The molecule has 4 aromatic rings. The first kappa shape index (κ1) is 23.2. The van der Waals surface area contributed by atoms with Gasteiger partial charge in [0.1, 0.15) is 23.9 Å². The van der Waals surface area contributed by atoms with Crippen molar-refractivity contribution in [2.24, 2.45) is 0 Å². The Kier molecular flexibility index (Phi) is 7.06. The summed E-state index contributed by atoms with van der Waals surface area (Å²) in [6.07, 6.45) is 2.46. The molecule has 0 bridgehead atoms. The minimum atomic E-state index is -0.803. The van der Waals surface area contributed by atoms with Crippen LogP contribution in [0.1, 0.15) is 43.7 Å². The lowest BCUT2D eigenvalue weighted by Crippen LogP contribution is -2.48. The van der Waals surface area contributed by atoms with Crippen LogP contribution in [0.25, 0.3) is 11.0 Å². The van der Waals surface area contributed by atoms with Gasteiger partial charge in [-0.25, -0.2) is 4.68 Å². The second-order valence-corrected chi connectivity index (χ2v) is 8.43. The topological polar surface area (TPSA) is 93.3 Å². The number of aromatic nitrogens is 3. The molecule has 0 radical (unpaired) electrons. The fourth-order valence-electron chi connectivity index (χ4n) is 4.03. The zero-order chi connectivity index (χ0) is 24.1. The SMILES string of the molecule is CCc1ccc([C@@H](C(=O)NCc2ccco2)N(C(=O)Cn2nnc3ccccc32)C(C)C)cc1. The molecule has 2 aromatic heterocycles. The predicted molar refractivity (Wildman–Crippen MR) is 129 cm³/mol. The van der Waals surface area contributed by atoms with Crippen molar-refractivity contribution in [3.8, 4) is 0 Å². The summed E-state index contributed by atoms with van der Waals surface area (Å²) in [5.41, 5.74) is 3.40. The quantitative estimate of drug-likeness (QED) is 0.410. The number of furan rings is 1. The number of benzene rings is 2. The van der Waals surface area contributed by atoms with Crippen molar-refractivity contribution < 1.29 is 14.0 Å².